The van der Waals surface area contributed by atoms with Crippen LogP contribution < -0.4 is 26.6 Å². The van der Waals surface area contributed by atoms with Crippen LogP contribution >= 0.6 is 0 Å². The Morgan fingerprint density at radius 2 is 1.17 bits per heavy atom. The first-order chi connectivity index (χ1) is 21.9. The van der Waals surface area contributed by atoms with Crippen LogP contribution in [0.3, 0.4) is 0 Å². The number of benzene rings is 2. The van der Waals surface area contributed by atoms with E-state index in [0.29, 0.717) is 13.0 Å². The van der Waals surface area contributed by atoms with E-state index in [0.717, 1.165) is 36.8 Å². The molecule has 2 atom stereocenters. The molecule has 2 rings (SSSR count). The van der Waals surface area contributed by atoms with Gasteiger partial charge in [-0.15, -0.1) is 0 Å². The Morgan fingerprint density at radius 1 is 0.652 bits per heavy atom. The van der Waals surface area contributed by atoms with E-state index in [4.69, 9.17) is 9.84 Å². The summed E-state index contributed by atoms with van der Waals surface area (Å²) < 4.78 is 5.22. The van der Waals surface area contributed by atoms with Crippen LogP contribution in [0.25, 0.3) is 0 Å². The summed E-state index contributed by atoms with van der Waals surface area (Å²) in [6, 6.07) is 16.7. The van der Waals surface area contributed by atoms with Crippen LogP contribution in [-0.4, -0.2) is 72.3 Å². The van der Waals surface area contributed by atoms with Gasteiger partial charge in [0.15, 0.2) is 0 Å². The Balaban J connectivity index is 1.92. The van der Waals surface area contributed by atoms with E-state index in [-0.39, 0.29) is 38.3 Å². The fraction of sp³-hybridized carbons (Fsp3) is 0.500. The molecular weight excluding hydrogens is 590 g/mol. The second kappa shape index (κ2) is 20.4. The highest BCUT2D eigenvalue weighted by Crippen LogP contribution is 2.10. The molecule has 0 aliphatic carbocycles. The van der Waals surface area contributed by atoms with Gasteiger partial charge in [0.1, 0.15) is 17.7 Å². The Morgan fingerprint density at radius 3 is 1.74 bits per heavy atom. The number of alkyl carbamates (subject to hydrolysis) is 1. The van der Waals surface area contributed by atoms with Gasteiger partial charge in [-0.3, -0.25) is 14.4 Å². The van der Waals surface area contributed by atoms with Crippen molar-refractivity contribution in [1.82, 2.24) is 26.6 Å². The molecule has 6 N–H and O–H groups in total. The number of hydrogen-bond donors (Lipinski definition) is 6. The van der Waals surface area contributed by atoms with Crippen LogP contribution in [0, 0.1) is 0 Å². The van der Waals surface area contributed by atoms with E-state index in [2.05, 4.69) is 26.6 Å². The number of carboxylic acid groups (broad SMARTS) is 1. The first-order valence-electron chi connectivity index (χ1n) is 15.8. The van der Waals surface area contributed by atoms with Crippen molar-refractivity contribution in [1.29, 1.82) is 0 Å². The summed E-state index contributed by atoms with van der Waals surface area (Å²) in [5.74, 6) is -1.21. The van der Waals surface area contributed by atoms with E-state index >= 15 is 0 Å². The maximum Gasteiger partial charge on any atom is 0.407 e. The largest absolute Gasteiger partial charge is 0.465 e. The summed E-state index contributed by atoms with van der Waals surface area (Å²) in [4.78, 5) is 62.0. The third kappa shape index (κ3) is 17.0. The first kappa shape index (κ1) is 37.6. The molecule has 2 aromatic rings. The minimum absolute atomic E-state index is 0.0166. The van der Waals surface area contributed by atoms with Gasteiger partial charge in [0, 0.05) is 38.9 Å². The summed E-state index contributed by atoms with van der Waals surface area (Å²) in [5, 5.41) is 22.1. The van der Waals surface area contributed by atoms with Crippen LogP contribution in [0.1, 0.15) is 70.4 Å². The van der Waals surface area contributed by atoms with Gasteiger partial charge in [-0.1, -0.05) is 79.9 Å². The molecule has 0 saturated carbocycles. The lowest BCUT2D eigenvalue weighted by Crippen LogP contribution is -2.55. The fourth-order valence-corrected chi connectivity index (χ4v) is 4.58. The lowest BCUT2D eigenvalue weighted by molar-refractivity contribution is -0.132. The average Bonchev–Trinajstić information content (AvgIpc) is 3.00. The quantitative estimate of drug-likeness (QED) is 0.127. The maximum atomic E-state index is 13.6. The number of hydrogen-bond acceptors (Lipinski definition) is 6. The number of unbranched alkanes of at least 4 members (excludes halogenated alkanes) is 4. The van der Waals surface area contributed by atoms with Crippen LogP contribution in [-0.2, 0) is 32.0 Å². The Kier molecular flexibility index (Phi) is 16.7. The number of carbonyl (C=O) groups excluding carboxylic acids is 4. The predicted octanol–water partition coefficient (Wildman–Crippen LogP) is 3.69. The highest BCUT2D eigenvalue weighted by molar-refractivity contribution is 5.92. The molecule has 252 valence electrons. The number of amides is 5. The number of ether oxygens (including phenoxy) is 1. The van der Waals surface area contributed by atoms with Gasteiger partial charge in [0.05, 0.1) is 0 Å². The molecule has 0 aliphatic rings. The molecule has 0 radical (unpaired) electrons. The van der Waals surface area contributed by atoms with Crippen molar-refractivity contribution in [3.05, 3.63) is 71.8 Å². The van der Waals surface area contributed by atoms with Crippen molar-refractivity contribution in [2.45, 2.75) is 89.8 Å². The monoisotopic (exact) mass is 639 g/mol. The summed E-state index contributed by atoms with van der Waals surface area (Å²) in [7, 11) is 0. The topological polar surface area (TPSA) is 175 Å². The van der Waals surface area contributed by atoms with E-state index in [1.54, 1.807) is 0 Å². The summed E-state index contributed by atoms with van der Waals surface area (Å²) in [6.45, 7) is 6.03. The van der Waals surface area contributed by atoms with Crippen LogP contribution in [0.5, 0.6) is 0 Å². The highest BCUT2D eigenvalue weighted by atomic mass is 16.6. The van der Waals surface area contributed by atoms with Crippen molar-refractivity contribution >= 4 is 29.9 Å². The standard InChI is InChI=1S/C34H49N5O7/c1-34(2,3)46-33(45)37-20-14-6-4-5-13-19-29(40)38-28(24-26-17-11-8-12-18-26)31(42)39-27(23-25-15-9-7-10-16-25)30(41)35-21-22-36-32(43)44/h7-12,15-18,27-28,36H,4-6,13-14,19-24H2,1-3H3,(H,35,41)(H,37,45)(H,38,40)(H,39,42)(H,43,44). The van der Waals surface area contributed by atoms with Gasteiger partial charge in [-0.25, -0.2) is 9.59 Å². The van der Waals surface area contributed by atoms with E-state index in [1.165, 1.54) is 0 Å². The number of carbonyl (C=O) groups is 5. The Bertz CT molecular complexity index is 1240. The second-order valence-electron chi connectivity index (χ2n) is 12.0. The smallest absolute Gasteiger partial charge is 0.407 e. The maximum absolute atomic E-state index is 13.6. The van der Waals surface area contributed by atoms with Crippen molar-refractivity contribution in [3.63, 3.8) is 0 Å². The zero-order valence-electron chi connectivity index (χ0n) is 27.1. The number of rotatable bonds is 19. The normalized spacial score (nSPS) is 12.2. The molecule has 2 aromatic carbocycles. The highest BCUT2D eigenvalue weighted by Gasteiger charge is 2.27. The van der Waals surface area contributed by atoms with Crippen LogP contribution in [0.15, 0.2) is 60.7 Å². The van der Waals surface area contributed by atoms with Crippen LogP contribution in [0.4, 0.5) is 9.59 Å². The molecule has 0 aromatic heterocycles. The minimum atomic E-state index is -1.20. The SMILES string of the molecule is CC(C)(C)OC(=O)NCCCCCCCC(=O)NC(Cc1ccccc1)C(=O)NC(Cc1ccccc1)C(=O)NCCNC(=O)O. The first-order valence-corrected chi connectivity index (χ1v) is 15.8. The van der Waals surface area contributed by atoms with Crippen molar-refractivity contribution < 1.29 is 33.8 Å². The zero-order chi connectivity index (χ0) is 33.8. The second-order valence-corrected chi connectivity index (χ2v) is 12.0. The van der Waals surface area contributed by atoms with Crippen LogP contribution in [0.2, 0.25) is 0 Å². The van der Waals surface area contributed by atoms with E-state index in [1.807, 2.05) is 81.4 Å². The third-order valence-corrected chi connectivity index (χ3v) is 6.80. The van der Waals surface area contributed by atoms with Crippen molar-refractivity contribution in [2.24, 2.45) is 0 Å². The summed E-state index contributed by atoms with van der Waals surface area (Å²) >= 11 is 0. The van der Waals surface area contributed by atoms with Gasteiger partial charge >= 0.3 is 12.2 Å². The molecule has 0 aliphatic heterocycles. The van der Waals surface area contributed by atoms with Gasteiger partial charge in [0.25, 0.3) is 0 Å². The molecule has 46 heavy (non-hydrogen) atoms. The molecule has 0 heterocycles. The fourth-order valence-electron chi connectivity index (χ4n) is 4.58. The van der Waals surface area contributed by atoms with Gasteiger partial charge < -0.3 is 36.4 Å². The summed E-state index contributed by atoms with van der Waals surface area (Å²) in [6.07, 6.45) is 3.14. The molecular formula is C34H49N5O7. The van der Waals surface area contributed by atoms with Crippen molar-refractivity contribution in [3.8, 4) is 0 Å². The number of nitrogens with one attached hydrogen (secondary N) is 5. The zero-order valence-corrected chi connectivity index (χ0v) is 27.1. The molecule has 0 bridgehead atoms. The molecule has 0 spiro atoms. The molecule has 2 unspecified atom stereocenters. The lowest BCUT2D eigenvalue weighted by atomic mass is 10.0. The van der Waals surface area contributed by atoms with E-state index in [9.17, 15) is 24.0 Å². The van der Waals surface area contributed by atoms with Gasteiger partial charge in [-0.2, -0.15) is 0 Å². The molecule has 5 amide bonds. The molecule has 12 heteroatoms. The molecule has 0 saturated heterocycles. The lowest BCUT2D eigenvalue weighted by Gasteiger charge is -2.23. The summed E-state index contributed by atoms with van der Waals surface area (Å²) in [5.41, 5.74) is 1.15. The van der Waals surface area contributed by atoms with Gasteiger partial charge in [-0.05, 0) is 44.7 Å². The minimum Gasteiger partial charge on any atom is -0.465 e. The molecule has 0 fully saturated rings. The third-order valence-electron chi connectivity index (χ3n) is 6.80. The Hall–Kier alpha value is -4.61. The average molecular weight is 640 g/mol. The Labute approximate surface area is 271 Å². The van der Waals surface area contributed by atoms with Gasteiger partial charge in [0.2, 0.25) is 17.7 Å². The van der Waals surface area contributed by atoms with Crippen molar-refractivity contribution in [2.75, 3.05) is 19.6 Å². The molecule has 12 nitrogen and oxygen atoms in total. The van der Waals surface area contributed by atoms with E-state index < -0.39 is 41.7 Å². The predicted molar refractivity (Wildman–Crippen MR) is 175 cm³/mol.